The van der Waals surface area contributed by atoms with Crippen molar-refractivity contribution in [1.29, 1.82) is 0 Å². The Hall–Kier alpha value is -1.33. The molecule has 1 saturated heterocycles. The molecule has 0 unspecified atom stereocenters. The lowest BCUT2D eigenvalue weighted by molar-refractivity contribution is 0.215. The van der Waals surface area contributed by atoms with Crippen LogP contribution in [0.4, 0.5) is 5.69 Å². The predicted octanol–water partition coefficient (Wildman–Crippen LogP) is 2.47. The van der Waals surface area contributed by atoms with Crippen molar-refractivity contribution in [3.05, 3.63) is 23.8 Å². The van der Waals surface area contributed by atoms with Crippen LogP contribution in [-0.4, -0.2) is 43.7 Å². The molecule has 1 aliphatic heterocycles. The molecule has 0 amide bonds. The van der Waals surface area contributed by atoms with Gasteiger partial charge in [-0.05, 0) is 57.5 Å². The Morgan fingerprint density at radius 2 is 2.14 bits per heavy atom. The van der Waals surface area contributed by atoms with E-state index in [0.717, 1.165) is 29.5 Å². The second-order valence-electron chi connectivity index (χ2n) is 5.74. The fourth-order valence-corrected chi connectivity index (χ4v) is 2.95. The summed E-state index contributed by atoms with van der Waals surface area (Å²) in [5.41, 5.74) is 7.63. The number of rotatable bonds is 6. The zero-order chi connectivity index (χ0) is 15.2. The number of piperidine rings is 1. The van der Waals surface area contributed by atoms with Gasteiger partial charge in [-0.2, -0.15) is 0 Å². The predicted molar refractivity (Wildman–Crippen MR) is 92.2 cm³/mol. The molecule has 0 saturated carbocycles. The number of nitrogens with zero attached hydrogens (tertiary/aromatic N) is 1. The standard InChI is InChI=1S/C16H25N3OS/c1-19-9-6-12(7-10-19)5-8-18-15-11-13(20-2)3-4-14(15)16(17)21/h3-4,11-12,18H,5-10H2,1-2H3,(H2,17,21). The number of nitrogens with two attached hydrogens (primary N) is 1. The molecule has 1 fully saturated rings. The van der Waals surface area contributed by atoms with Crippen molar-refractivity contribution in [2.45, 2.75) is 19.3 Å². The number of benzene rings is 1. The first-order chi connectivity index (χ1) is 10.1. The molecule has 1 aromatic carbocycles. The lowest BCUT2D eigenvalue weighted by atomic mass is 9.94. The summed E-state index contributed by atoms with van der Waals surface area (Å²) in [6.07, 6.45) is 3.76. The van der Waals surface area contributed by atoms with E-state index >= 15 is 0 Å². The van der Waals surface area contributed by atoms with Crippen LogP contribution in [-0.2, 0) is 0 Å². The van der Waals surface area contributed by atoms with Crippen molar-refractivity contribution < 1.29 is 4.74 Å². The van der Waals surface area contributed by atoms with Gasteiger partial charge in [0.15, 0.2) is 0 Å². The maximum absolute atomic E-state index is 5.78. The number of methoxy groups -OCH3 is 1. The molecule has 2 rings (SSSR count). The van der Waals surface area contributed by atoms with E-state index in [1.807, 2.05) is 18.2 Å². The zero-order valence-corrected chi connectivity index (χ0v) is 13.7. The van der Waals surface area contributed by atoms with Gasteiger partial charge in [-0.3, -0.25) is 0 Å². The largest absolute Gasteiger partial charge is 0.497 e. The maximum Gasteiger partial charge on any atom is 0.120 e. The molecule has 5 heteroatoms. The molecular formula is C16H25N3OS. The second-order valence-corrected chi connectivity index (χ2v) is 6.18. The molecule has 1 aromatic rings. The fourth-order valence-electron chi connectivity index (χ4n) is 2.77. The molecule has 0 bridgehead atoms. The molecular weight excluding hydrogens is 282 g/mol. The summed E-state index contributed by atoms with van der Waals surface area (Å²) >= 11 is 5.11. The number of anilines is 1. The Morgan fingerprint density at radius 1 is 1.43 bits per heavy atom. The summed E-state index contributed by atoms with van der Waals surface area (Å²) in [6, 6.07) is 5.76. The molecule has 4 nitrogen and oxygen atoms in total. The minimum absolute atomic E-state index is 0.416. The number of nitrogens with one attached hydrogen (secondary N) is 1. The number of hydrogen-bond donors (Lipinski definition) is 2. The number of likely N-dealkylation sites (tertiary alicyclic amines) is 1. The molecule has 0 spiro atoms. The summed E-state index contributed by atoms with van der Waals surface area (Å²) in [7, 11) is 3.86. The van der Waals surface area contributed by atoms with Gasteiger partial charge in [0.25, 0.3) is 0 Å². The first-order valence-corrected chi connectivity index (χ1v) is 7.91. The van der Waals surface area contributed by atoms with Gasteiger partial charge in [-0.15, -0.1) is 0 Å². The first kappa shape index (κ1) is 16.0. The second kappa shape index (κ2) is 7.61. The molecule has 116 valence electrons. The molecule has 1 heterocycles. The van der Waals surface area contributed by atoms with Gasteiger partial charge in [-0.1, -0.05) is 12.2 Å². The van der Waals surface area contributed by atoms with Crippen molar-refractivity contribution in [3.8, 4) is 5.75 Å². The van der Waals surface area contributed by atoms with Crippen molar-refractivity contribution >= 4 is 22.9 Å². The molecule has 1 aliphatic rings. The monoisotopic (exact) mass is 307 g/mol. The Morgan fingerprint density at radius 3 is 2.76 bits per heavy atom. The topological polar surface area (TPSA) is 50.5 Å². The van der Waals surface area contributed by atoms with E-state index in [1.54, 1.807) is 7.11 Å². The van der Waals surface area contributed by atoms with Gasteiger partial charge in [0, 0.05) is 23.9 Å². The molecule has 0 aromatic heterocycles. The summed E-state index contributed by atoms with van der Waals surface area (Å²) < 4.78 is 5.27. The minimum atomic E-state index is 0.416. The van der Waals surface area contributed by atoms with Crippen molar-refractivity contribution in [2.75, 3.05) is 39.1 Å². The summed E-state index contributed by atoms with van der Waals surface area (Å²) in [4.78, 5) is 2.82. The third-order valence-corrected chi connectivity index (χ3v) is 4.42. The number of hydrogen-bond acceptors (Lipinski definition) is 4. The molecule has 3 N–H and O–H groups in total. The van der Waals surface area contributed by atoms with E-state index in [0.29, 0.717) is 4.99 Å². The Kier molecular flexibility index (Phi) is 5.82. The van der Waals surface area contributed by atoms with Crippen LogP contribution in [0.25, 0.3) is 0 Å². The SMILES string of the molecule is COc1ccc(C(N)=S)c(NCCC2CCN(C)CC2)c1. The fraction of sp³-hybridized carbons (Fsp3) is 0.562. The van der Waals surface area contributed by atoms with Crippen LogP contribution in [0, 0.1) is 5.92 Å². The van der Waals surface area contributed by atoms with Crippen LogP contribution in [0.15, 0.2) is 18.2 Å². The van der Waals surface area contributed by atoms with Gasteiger partial charge in [-0.25, -0.2) is 0 Å². The summed E-state index contributed by atoms with van der Waals surface area (Å²) in [6.45, 7) is 3.36. The van der Waals surface area contributed by atoms with Crippen LogP contribution in [0.3, 0.4) is 0 Å². The van der Waals surface area contributed by atoms with E-state index in [2.05, 4.69) is 17.3 Å². The average molecular weight is 307 g/mol. The van der Waals surface area contributed by atoms with Gasteiger partial charge >= 0.3 is 0 Å². The van der Waals surface area contributed by atoms with Crippen LogP contribution in [0.5, 0.6) is 5.75 Å². The Balaban J connectivity index is 1.91. The third kappa shape index (κ3) is 4.58. The summed E-state index contributed by atoms with van der Waals surface area (Å²) in [5.74, 6) is 1.63. The highest BCUT2D eigenvalue weighted by Gasteiger charge is 2.16. The normalized spacial score (nSPS) is 16.7. The van der Waals surface area contributed by atoms with Gasteiger partial charge in [0.1, 0.15) is 10.7 Å². The zero-order valence-electron chi connectivity index (χ0n) is 12.9. The molecule has 0 aliphatic carbocycles. The lowest BCUT2D eigenvalue weighted by Gasteiger charge is -2.29. The van der Waals surface area contributed by atoms with Gasteiger partial charge in [0.2, 0.25) is 0 Å². The van der Waals surface area contributed by atoms with E-state index in [-0.39, 0.29) is 0 Å². The highest BCUT2D eigenvalue weighted by atomic mass is 32.1. The minimum Gasteiger partial charge on any atom is -0.497 e. The van der Waals surface area contributed by atoms with Crippen molar-refractivity contribution in [2.24, 2.45) is 11.7 Å². The van der Waals surface area contributed by atoms with E-state index in [4.69, 9.17) is 22.7 Å². The van der Waals surface area contributed by atoms with E-state index < -0.39 is 0 Å². The van der Waals surface area contributed by atoms with E-state index in [9.17, 15) is 0 Å². The van der Waals surface area contributed by atoms with Crippen molar-refractivity contribution in [3.63, 3.8) is 0 Å². The molecule has 0 atom stereocenters. The first-order valence-electron chi connectivity index (χ1n) is 7.50. The molecule has 0 radical (unpaired) electrons. The smallest absolute Gasteiger partial charge is 0.120 e. The highest BCUT2D eigenvalue weighted by molar-refractivity contribution is 7.80. The van der Waals surface area contributed by atoms with Crippen LogP contribution >= 0.6 is 12.2 Å². The number of thiocarbonyl (C=S) groups is 1. The lowest BCUT2D eigenvalue weighted by Crippen LogP contribution is -2.30. The quantitative estimate of drug-likeness (QED) is 0.791. The van der Waals surface area contributed by atoms with Crippen molar-refractivity contribution in [1.82, 2.24) is 4.90 Å². The van der Waals surface area contributed by atoms with Gasteiger partial charge in [0.05, 0.1) is 7.11 Å². The van der Waals surface area contributed by atoms with Gasteiger partial charge < -0.3 is 20.7 Å². The third-order valence-electron chi connectivity index (χ3n) is 4.20. The van der Waals surface area contributed by atoms with Crippen LogP contribution in [0.1, 0.15) is 24.8 Å². The average Bonchev–Trinajstić information content (AvgIpc) is 2.49. The maximum atomic E-state index is 5.78. The Bertz CT molecular complexity index is 484. The summed E-state index contributed by atoms with van der Waals surface area (Å²) in [5, 5.41) is 3.47. The highest BCUT2D eigenvalue weighted by Crippen LogP contribution is 2.24. The molecule has 21 heavy (non-hydrogen) atoms. The Labute approximate surface area is 132 Å². The van der Waals surface area contributed by atoms with Crippen LogP contribution in [0.2, 0.25) is 0 Å². The van der Waals surface area contributed by atoms with E-state index in [1.165, 1.54) is 32.4 Å². The van der Waals surface area contributed by atoms with Crippen LogP contribution < -0.4 is 15.8 Å². The number of ether oxygens (including phenoxy) is 1.